The number of anilines is 3. The van der Waals surface area contributed by atoms with E-state index in [-0.39, 0.29) is 16.9 Å². The number of hydrogen-bond acceptors (Lipinski definition) is 9. The SMILES string of the molecule is CCNc1cc2oc(=O)ccc2cc1C.Nc1ccc2ccc(=O)oc2c1.O=c1ccc2cc3c(cc2o1)NCCC3. The zero-order valence-electron chi connectivity index (χ0n) is 23.4. The third kappa shape index (κ3) is 6.69. The minimum atomic E-state index is -0.354. The summed E-state index contributed by atoms with van der Waals surface area (Å²) in [6, 6.07) is 22.7. The Bertz CT molecular complexity index is 2060. The van der Waals surface area contributed by atoms with Gasteiger partial charge in [0.1, 0.15) is 16.7 Å². The van der Waals surface area contributed by atoms with Gasteiger partial charge in [-0.3, -0.25) is 0 Å². The Hall–Kier alpha value is -5.31. The number of nitrogen functional groups attached to an aromatic ring is 1. The van der Waals surface area contributed by atoms with Gasteiger partial charge in [0.2, 0.25) is 0 Å². The fourth-order valence-electron chi connectivity index (χ4n) is 4.72. The number of benzene rings is 3. The van der Waals surface area contributed by atoms with E-state index in [0.29, 0.717) is 22.4 Å². The summed E-state index contributed by atoms with van der Waals surface area (Å²) in [6.07, 6.45) is 2.26. The fraction of sp³-hybridized carbons (Fsp3) is 0.182. The zero-order chi connectivity index (χ0) is 29.6. The highest BCUT2D eigenvalue weighted by atomic mass is 16.4. The molecule has 0 fully saturated rings. The summed E-state index contributed by atoms with van der Waals surface area (Å²) in [7, 11) is 0. The van der Waals surface area contributed by atoms with Gasteiger partial charge >= 0.3 is 16.9 Å². The summed E-state index contributed by atoms with van der Waals surface area (Å²) in [5.74, 6) is 0. The van der Waals surface area contributed by atoms with E-state index in [1.165, 1.54) is 23.8 Å². The second kappa shape index (κ2) is 12.5. The zero-order valence-corrected chi connectivity index (χ0v) is 23.4. The molecule has 0 atom stereocenters. The smallest absolute Gasteiger partial charge is 0.336 e. The lowest BCUT2D eigenvalue weighted by Gasteiger charge is -2.17. The third-order valence-corrected chi connectivity index (χ3v) is 6.76. The molecule has 0 amide bonds. The summed E-state index contributed by atoms with van der Waals surface area (Å²) in [4.78, 5) is 32.9. The van der Waals surface area contributed by atoms with E-state index in [1.54, 1.807) is 24.3 Å². The molecule has 1 aliphatic rings. The molecule has 0 saturated carbocycles. The predicted molar refractivity (Wildman–Crippen MR) is 168 cm³/mol. The molecule has 0 spiro atoms. The number of aryl methyl sites for hydroxylation is 2. The molecule has 42 heavy (non-hydrogen) atoms. The number of nitrogens with one attached hydrogen (secondary N) is 2. The van der Waals surface area contributed by atoms with Crippen molar-refractivity contribution in [1.29, 1.82) is 0 Å². The van der Waals surface area contributed by atoms with Crippen molar-refractivity contribution < 1.29 is 13.3 Å². The van der Waals surface area contributed by atoms with Gasteiger partial charge in [-0.05, 0) is 80.3 Å². The molecule has 9 nitrogen and oxygen atoms in total. The lowest BCUT2D eigenvalue weighted by molar-refractivity contribution is 0.560. The molecule has 7 rings (SSSR count). The minimum absolute atomic E-state index is 0.293. The highest BCUT2D eigenvalue weighted by Crippen LogP contribution is 2.27. The van der Waals surface area contributed by atoms with Gasteiger partial charge in [-0.15, -0.1) is 0 Å². The minimum Gasteiger partial charge on any atom is -0.423 e. The Morgan fingerprint density at radius 3 is 1.98 bits per heavy atom. The maximum absolute atomic E-state index is 11.1. The Kier molecular flexibility index (Phi) is 8.38. The molecular weight excluding hydrogens is 534 g/mol. The standard InChI is InChI=1S/C12H11NO2.C12H13NO2.C9H7NO2/c14-12-4-3-9-6-8-2-1-5-13-10(8)7-11(9)15-12;1-3-13-10-7-11-9(6-8(10)2)4-5-12(14)15-11;10-7-3-1-6-2-4-9(11)12-8(6)5-7/h3-4,6-7,13H,1-2,5H2;4-7,13H,3H2,1-2H3;1-5H,10H2. The maximum atomic E-state index is 11.1. The van der Waals surface area contributed by atoms with Gasteiger partial charge in [-0.2, -0.15) is 0 Å². The maximum Gasteiger partial charge on any atom is 0.336 e. The van der Waals surface area contributed by atoms with Crippen molar-refractivity contribution in [3.05, 3.63) is 121 Å². The van der Waals surface area contributed by atoms with Crippen LogP contribution in [-0.2, 0) is 6.42 Å². The van der Waals surface area contributed by atoms with Gasteiger partial charge in [0, 0.05) is 82.7 Å². The molecule has 9 heteroatoms. The summed E-state index contributed by atoms with van der Waals surface area (Å²) in [5.41, 5.74) is 11.5. The van der Waals surface area contributed by atoms with Crippen LogP contribution in [0.1, 0.15) is 24.5 Å². The monoisotopic (exact) mass is 565 g/mol. The first kappa shape index (κ1) is 28.2. The number of nitrogens with two attached hydrogens (primary N) is 1. The molecule has 3 aromatic carbocycles. The van der Waals surface area contributed by atoms with E-state index in [2.05, 4.69) is 16.7 Å². The quantitative estimate of drug-likeness (QED) is 0.169. The Morgan fingerprint density at radius 1 is 0.738 bits per heavy atom. The van der Waals surface area contributed by atoms with Crippen molar-refractivity contribution in [2.75, 3.05) is 29.5 Å². The van der Waals surface area contributed by atoms with Crippen molar-refractivity contribution in [1.82, 2.24) is 0 Å². The van der Waals surface area contributed by atoms with E-state index < -0.39 is 0 Å². The van der Waals surface area contributed by atoms with E-state index in [9.17, 15) is 14.4 Å². The molecule has 1 aliphatic heterocycles. The summed E-state index contributed by atoms with van der Waals surface area (Å²) >= 11 is 0. The largest absolute Gasteiger partial charge is 0.423 e. The van der Waals surface area contributed by atoms with Crippen LogP contribution in [0.25, 0.3) is 32.9 Å². The first-order valence-electron chi connectivity index (χ1n) is 13.7. The van der Waals surface area contributed by atoms with Crippen LogP contribution in [0.5, 0.6) is 0 Å². The summed E-state index contributed by atoms with van der Waals surface area (Å²) in [5, 5.41) is 9.37. The van der Waals surface area contributed by atoms with Crippen LogP contribution in [0.15, 0.2) is 106 Å². The summed E-state index contributed by atoms with van der Waals surface area (Å²) < 4.78 is 15.1. The average molecular weight is 566 g/mol. The molecule has 4 N–H and O–H groups in total. The first-order valence-corrected chi connectivity index (χ1v) is 13.7. The topological polar surface area (TPSA) is 141 Å². The molecule has 0 unspecified atom stereocenters. The molecule has 0 radical (unpaired) electrons. The highest BCUT2D eigenvalue weighted by Gasteiger charge is 2.10. The van der Waals surface area contributed by atoms with Crippen molar-refractivity contribution >= 4 is 50.0 Å². The summed E-state index contributed by atoms with van der Waals surface area (Å²) in [6.45, 7) is 5.91. The van der Waals surface area contributed by atoms with Crippen molar-refractivity contribution in [2.45, 2.75) is 26.7 Å². The Labute approximate surface area is 240 Å². The Balaban J connectivity index is 0.000000127. The number of rotatable bonds is 2. The van der Waals surface area contributed by atoms with Gasteiger partial charge in [0.25, 0.3) is 0 Å². The van der Waals surface area contributed by atoms with Crippen LogP contribution < -0.4 is 33.2 Å². The average Bonchev–Trinajstić information content (AvgIpc) is 2.97. The second-order valence-electron chi connectivity index (χ2n) is 9.87. The van der Waals surface area contributed by atoms with E-state index in [1.807, 2.05) is 44.2 Å². The van der Waals surface area contributed by atoms with Crippen LogP contribution >= 0.6 is 0 Å². The van der Waals surface area contributed by atoms with E-state index in [4.69, 9.17) is 19.0 Å². The van der Waals surface area contributed by atoms with Gasteiger partial charge in [0.05, 0.1) is 0 Å². The van der Waals surface area contributed by atoms with Crippen LogP contribution in [0.2, 0.25) is 0 Å². The van der Waals surface area contributed by atoms with Gasteiger partial charge < -0.3 is 29.6 Å². The van der Waals surface area contributed by atoms with Gasteiger partial charge in [-0.25, -0.2) is 14.4 Å². The first-order chi connectivity index (χ1) is 20.3. The normalized spacial score (nSPS) is 12.0. The van der Waals surface area contributed by atoms with Gasteiger partial charge in [-0.1, -0.05) is 0 Å². The van der Waals surface area contributed by atoms with Crippen LogP contribution in [0, 0.1) is 6.92 Å². The Morgan fingerprint density at radius 2 is 1.31 bits per heavy atom. The molecule has 214 valence electrons. The van der Waals surface area contributed by atoms with Crippen LogP contribution in [0.4, 0.5) is 17.1 Å². The molecule has 4 heterocycles. The molecule has 6 aromatic rings. The van der Waals surface area contributed by atoms with Crippen LogP contribution in [0.3, 0.4) is 0 Å². The lowest BCUT2D eigenvalue weighted by atomic mass is 10.0. The van der Waals surface area contributed by atoms with Crippen molar-refractivity contribution in [3.8, 4) is 0 Å². The van der Waals surface area contributed by atoms with Crippen molar-refractivity contribution in [2.24, 2.45) is 0 Å². The number of hydrogen-bond donors (Lipinski definition) is 3. The van der Waals surface area contributed by atoms with Crippen LogP contribution in [-0.4, -0.2) is 13.1 Å². The molecule has 0 bridgehead atoms. The number of fused-ring (bicyclic) bond motifs is 4. The fourth-order valence-corrected chi connectivity index (χ4v) is 4.72. The molecular formula is C33H31N3O6. The highest BCUT2D eigenvalue weighted by molar-refractivity contribution is 5.83. The molecule has 0 saturated heterocycles. The lowest BCUT2D eigenvalue weighted by Crippen LogP contribution is -2.11. The molecule has 3 aromatic heterocycles. The third-order valence-electron chi connectivity index (χ3n) is 6.76. The van der Waals surface area contributed by atoms with Crippen molar-refractivity contribution in [3.63, 3.8) is 0 Å². The van der Waals surface area contributed by atoms with E-state index >= 15 is 0 Å². The van der Waals surface area contributed by atoms with E-state index in [0.717, 1.165) is 59.0 Å². The predicted octanol–water partition coefficient (Wildman–Crippen LogP) is 6.06. The molecule has 0 aliphatic carbocycles. The second-order valence-corrected chi connectivity index (χ2v) is 9.87. The van der Waals surface area contributed by atoms with Gasteiger partial charge in [0.15, 0.2) is 0 Å².